The zero-order valence-corrected chi connectivity index (χ0v) is 20.9. The molecule has 1 aromatic heterocycles. The molecule has 0 amide bonds. The minimum atomic E-state index is 0.411. The zero-order chi connectivity index (χ0) is 23.9. The van der Waals surface area contributed by atoms with Crippen LogP contribution in [-0.2, 0) is 0 Å². The van der Waals surface area contributed by atoms with Crippen molar-refractivity contribution in [3.8, 4) is 5.75 Å². The molecule has 4 aromatic rings. The van der Waals surface area contributed by atoms with Gasteiger partial charge in [0.1, 0.15) is 17.9 Å². The van der Waals surface area contributed by atoms with Crippen molar-refractivity contribution in [2.45, 2.75) is 27.2 Å². The minimum absolute atomic E-state index is 0.411. The molecule has 1 heterocycles. The van der Waals surface area contributed by atoms with E-state index >= 15 is 0 Å². The van der Waals surface area contributed by atoms with Crippen LogP contribution >= 0.6 is 11.6 Å². The number of hydrogen-bond donors (Lipinski definition) is 0. The Bertz CT molecular complexity index is 1240. The van der Waals surface area contributed by atoms with Crippen LogP contribution in [0.2, 0.25) is 5.22 Å². The van der Waals surface area contributed by atoms with E-state index in [1.807, 2.05) is 12.1 Å². The van der Waals surface area contributed by atoms with E-state index in [4.69, 9.17) is 20.8 Å². The fraction of sp³-hybridized carbons (Fsp3) is 0.267. The molecule has 3 nitrogen and oxygen atoms in total. The molecule has 0 aliphatic heterocycles. The predicted octanol–water partition coefficient (Wildman–Crippen LogP) is 8.18. The third-order valence-electron chi connectivity index (χ3n) is 6.27. The number of allylic oxidation sites excluding steroid dienone is 1. The van der Waals surface area contributed by atoms with Gasteiger partial charge in [0.25, 0.3) is 0 Å². The molecule has 4 heteroatoms. The summed E-state index contributed by atoms with van der Waals surface area (Å²) in [4.78, 5) is 2.36. The van der Waals surface area contributed by atoms with Gasteiger partial charge < -0.3 is 14.1 Å². The van der Waals surface area contributed by atoms with Crippen LogP contribution in [0.1, 0.15) is 43.9 Å². The lowest BCUT2D eigenvalue weighted by atomic mass is 9.88. The van der Waals surface area contributed by atoms with Crippen LogP contribution in [0.15, 0.2) is 83.3 Å². The smallest absolute Gasteiger partial charge is 0.194 e. The number of halogens is 1. The predicted molar refractivity (Wildman–Crippen MR) is 144 cm³/mol. The molecular weight excluding hydrogens is 442 g/mol. The van der Waals surface area contributed by atoms with Crippen LogP contribution in [0.3, 0.4) is 0 Å². The van der Waals surface area contributed by atoms with Gasteiger partial charge >= 0.3 is 0 Å². The summed E-state index contributed by atoms with van der Waals surface area (Å²) in [7, 11) is 0. The fourth-order valence-electron chi connectivity index (χ4n) is 4.39. The first-order valence-corrected chi connectivity index (χ1v) is 12.4. The van der Waals surface area contributed by atoms with Gasteiger partial charge in [-0.15, -0.1) is 0 Å². The Kier molecular flexibility index (Phi) is 8.10. The molecule has 0 aliphatic rings. The first-order chi connectivity index (χ1) is 16.6. The summed E-state index contributed by atoms with van der Waals surface area (Å²) in [5.41, 5.74) is 6.85. The second-order valence-corrected chi connectivity index (χ2v) is 8.65. The molecule has 0 fully saturated rings. The Morgan fingerprint density at radius 2 is 1.50 bits per heavy atom. The van der Waals surface area contributed by atoms with Crippen molar-refractivity contribution in [2.24, 2.45) is 0 Å². The summed E-state index contributed by atoms with van der Waals surface area (Å²) in [5.74, 6) is 0.899. The Labute approximate surface area is 207 Å². The summed E-state index contributed by atoms with van der Waals surface area (Å²) >= 11 is 6.09. The highest BCUT2D eigenvalue weighted by atomic mass is 35.5. The van der Waals surface area contributed by atoms with Gasteiger partial charge in [0.05, 0.1) is 0 Å². The minimum Gasteiger partial charge on any atom is -0.492 e. The van der Waals surface area contributed by atoms with E-state index in [0.717, 1.165) is 42.8 Å². The second kappa shape index (κ2) is 11.4. The van der Waals surface area contributed by atoms with Gasteiger partial charge in [-0.2, -0.15) is 0 Å². The van der Waals surface area contributed by atoms with Gasteiger partial charge in [-0.1, -0.05) is 69.3 Å². The monoisotopic (exact) mass is 473 g/mol. The molecule has 0 saturated heterocycles. The van der Waals surface area contributed by atoms with Crippen molar-refractivity contribution < 1.29 is 9.15 Å². The van der Waals surface area contributed by atoms with Crippen molar-refractivity contribution in [1.82, 2.24) is 4.90 Å². The van der Waals surface area contributed by atoms with Crippen LogP contribution in [0, 0.1) is 0 Å². The normalized spacial score (nSPS) is 12.3. The highest BCUT2D eigenvalue weighted by molar-refractivity contribution is 6.29. The zero-order valence-electron chi connectivity index (χ0n) is 20.2. The van der Waals surface area contributed by atoms with Crippen molar-refractivity contribution in [3.05, 3.63) is 101 Å². The number of hydrogen-bond acceptors (Lipinski definition) is 3. The van der Waals surface area contributed by atoms with Crippen molar-refractivity contribution in [3.63, 3.8) is 0 Å². The standard InChI is InChI=1S/C30H32ClNO2/c1-4-27(24-14-17-28-25(20-24)21-29(31)34-28)30(22-10-8-7-9-11-22)23-12-15-26(16-13-23)33-19-18-32(5-2)6-3/h7-17,20-21H,4-6,18-19H2,1-3H3. The summed E-state index contributed by atoms with van der Waals surface area (Å²) < 4.78 is 11.6. The molecule has 4 rings (SSSR count). The third kappa shape index (κ3) is 5.55. The first kappa shape index (κ1) is 24.1. The quantitative estimate of drug-likeness (QED) is 0.217. The second-order valence-electron chi connectivity index (χ2n) is 8.28. The molecule has 0 spiro atoms. The van der Waals surface area contributed by atoms with Gasteiger partial charge in [0.2, 0.25) is 0 Å². The number of furan rings is 1. The third-order valence-corrected chi connectivity index (χ3v) is 6.45. The van der Waals surface area contributed by atoms with E-state index in [-0.39, 0.29) is 0 Å². The number of rotatable bonds is 10. The highest BCUT2D eigenvalue weighted by Gasteiger charge is 2.14. The van der Waals surface area contributed by atoms with E-state index in [0.29, 0.717) is 11.8 Å². The molecule has 0 aliphatic carbocycles. The SMILES string of the molecule is CCC(=C(c1ccccc1)c1ccc(OCCN(CC)CC)cc1)c1ccc2oc(Cl)cc2c1. The Morgan fingerprint density at radius 3 is 2.18 bits per heavy atom. The van der Waals surface area contributed by atoms with E-state index in [2.05, 4.69) is 92.4 Å². The van der Waals surface area contributed by atoms with Crippen LogP contribution in [-0.4, -0.2) is 31.1 Å². The lowest BCUT2D eigenvalue weighted by Crippen LogP contribution is -2.27. The molecule has 0 bridgehead atoms. The largest absolute Gasteiger partial charge is 0.492 e. The number of nitrogens with zero attached hydrogens (tertiary/aromatic N) is 1. The van der Waals surface area contributed by atoms with E-state index in [1.165, 1.54) is 27.8 Å². The average Bonchev–Trinajstić information content (AvgIpc) is 3.25. The van der Waals surface area contributed by atoms with Gasteiger partial charge in [-0.3, -0.25) is 0 Å². The number of benzene rings is 3. The lowest BCUT2D eigenvalue weighted by molar-refractivity contribution is 0.223. The number of likely N-dealkylation sites (N-methyl/N-ethyl adjacent to an activating group) is 1. The number of ether oxygens (including phenoxy) is 1. The number of fused-ring (bicyclic) bond motifs is 1. The van der Waals surface area contributed by atoms with Crippen LogP contribution in [0.5, 0.6) is 5.75 Å². The van der Waals surface area contributed by atoms with Crippen LogP contribution in [0.25, 0.3) is 22.1 Å². The van der Waals surface area contributed by atoms with Crippen molar-refractivity contribution in [1.29, 1.82) is 0 Å². The lowest BCUT2D eigenvalue weighted by Gasteiger charge is -2.19. The summed E-state index contributed by atoms with van der Waals surface area (Å²) in [6.45, 7) is 10.3. The van der Waals surface area contributed by atoms with E-state index in [1.54, 1.807) is 0 Å². The summed E-state index contributed by atoms with van der Waals surface area (Å²) in [6.07, 6.45) is 0.892. The molecule has 0 N–H and O–H groups in total. The molecule has 0 atom stereocenters. The Hall–Kier alpha value is -3.01. The maximum Gasteiger partial charge on any atom is 0.194 e. The molecule has 0 saturated carbocycles. The maximum absolute atomic E-state index is 6.09. The molecule has 0 radical (unpaired) electrons. The average molecular weight is 474 g/mol. The Balaban J connectivity index is 1.70. The van der Waals surface area contributed by atoms with Gasteiger partial charge in [-0.25, -0.2) is 0 Å². The van der Waals surface area contributed by atoms with Crippen molar-refractivity contribution >= 4 is 33.7 Å². The van der Waals surface area contributed by atoms with Crippen molar-refractivity contribution in [2.75, 3.05) is 26.2 Å². The first-order valence-electron chi connectivity index (χ1n) is 12.1. The molecular formula is C30H32ClNO2. The molecule has 3 aromatic carbocycles. The summed E-state index contributed by atoms with van der Waals surface area (Å²) in [5, 5.41) is 1.42. The van der Waals surface area contributed by atoms with E-state index < -0.39 is 0 Å². The topological polar surface area (TPSA) is 25.6 Å². The fourth-order valence-corrected chi connectivity index (χ4v) is 4.59. The van der Waals surface area contributed by atoms with Crippen LogP contribution in [0.4, 0.5) is 0 Å². The van der Waals surface area contributed by atoms with Gasteiger partial charge in [0.15, 0.2) is 5.22 Å². The van der Waals surface area contributed by atoms with Gasteiger partial charge in [-0.05, 0) is 83.2 Å². The molecule has 176 valence electrons. The van der Waals surface area contributed by atoms with Gasteiger partial charge in [0, 0.05) is 18.0 Å². The van der Waals surface area contributed by atoms with E-state index in [9.17, 15) is 0 Å². The molecule has 0 unspecified atom stereocenters. The highest BCUT2D eigenvalue weighted by Crippen LogP contribution is 2.36. The Morgan fingerprint density at radius 1 is 0.824 bits per heavy atom. The maximum atomic E-state index is 6.09. The summed E-state index contributed by atoms with van der Waals surface area (Å²) in [6, 6.07) is 27.2. The molecule has 34 heavy (non-hydrogen) atoms. The van der Waals surface area contributed by atoms with Crippen LogP contribution < -0.4 is 4.74 Å².